The molecule has 0 saturated heterocycles. The zero-order valence-electron chi connectivity index (χ0n) is 26.2. The van der Waals surface area contributed by atoms with E-state index in [1.54, 1.807) is 49.4 Å². The Morgan fingerprint density at radius 1 is 0.833 bits per heavy atom. The fraction of sp³-hybridized carbons (Fsp3) is 0.379. The molecule has 0 bridgehead atoms. The number of benzene rings is 3. The number of aryl methyl sites for hydroxylation is 1. The number of hydrogen-bond acceptors (Lipinski definition) is 7. The van der Waals surface area contributed by atoms with Crippen molar-refractivity contribution < 1.29 is 41.8 Å². The van der Waals surface area contributed by atoms with E-state index in [0.29, 0.717) is 40.4 Å². The molecular weight excluding hydrogens is 460 g/mol. The first-order valence-corrected chi connectivity index (χ1v) is 11.8. The summed E-state index contributed by atoms with van der Waals surface area (Å²) >= 11 is 0. The third-order valence-corrected chi connectivity index (χ3v) is 6.63. The normalized spacial score (nSPS) is 25.4. The van der Waals surface area contributed by atoms with E-state index in [4.69, 9.17) is 36.6 Å². The zero-order chi connectivity index (χ0) is 30.4. The Labute approximate surface area is 219 Å². The third-order valence-electron chi connectivity index (χ3n) is 6.63. The molecule has 7 nitrogen and oxygen atoms in total. The lowest BCUT2D eigenvalue weighted by molar-refractivity contribution is 0.0124. The van der Waals surface area contributed by atoms with Gasteiger partial charge in [-0.25, -0.2) is 0 Å². The first-order chi connectivity index (χ1) is 19.7. The Bertz CT molecular complexity index is 1460. The maximum atomic E-state index is 11.1. The zero-order valence-corrected chi connectivity index (χ0v) is 20.2. The SMILES string of the molecule is [2H]C([2H])([2H])Oc1ccc([C@H]2Oc3cc([C@H]4Oc5cc(C)cc(OC([2H])([2H])[2H])c5C[C@@H]4O)ccc3O[C@@H]2CC)cc1OC. The van der Waals surface area contributed by atoms with Crippen LogP contribution < -0.4 is 28.4 Å². The van der Waals surface area contributed by atoms with Crippen LogP contribution >= 0.6 is 0 Å². The predicted octanol–water partition coefficient (Wildman–Crippen LogP) is 5.35. The number of fused-ring (bicyclic) bond motifs is 2. The monoisotopic (exact) mass is 498 g/mol. The van der Waals surface area contributed by atoms with Crippen LogP contribution in [0.25, 0.3) is 0 Å². The highest BCUT2D eigenvalue weighted by Gasteiger charge is 2.36. The second kappa shape index (κ2) is 9.82. The Balaban J connectivity index is 1.43. The van der Waals surface area contributed by atoms with Gasteiger partial charge >= 0.3 is 0 Å². The molecule has 36 heavy (non-hydrogen) atoms. The Hall–Kier alpha value is -3.58. The van der Waals surface area contributed by atoms with Crippen molar-refractivity contribution in [2.45, 2.75) is 51.1 Å². The summed E-state index contributed by atoms with van der Waals surface area (Å²) in [4.78, 5) is 0. The molecule has 0 aliphatic carbocycles. The van der Waals surface area contributed by atoms with Crippen molar-refractivity contribution in [2.24, 2.45) is 0 Å². The summed E-state index contributed by atoms with van der Waals surface area (Å²) in [6.45, 7) is 3.78. The average molecular weight is 499 g/mol. The highest BCUT2D eigenvalue weighted by Crippen LogP contribution is 2.46. The van der Waals surface area contributed by atoms with Gasteiger partial charge in [-0.3, -0.25) is 0 Å². The summed E-state index contributed by atoms with van der Waals surface area (Å²) in [5.41, 5.74) is 2.59. The van der Waals surface area contributed by atoms with Crippen LogP contribution in [0.15, 0.2) is 48.5 Å². The standard InChI is InChI=1S/C29H32O7/c1-6-21-29(18-7-9-22(31-3)26(13-18)33-5)36-27-14-17(8-10-23(27)34-21)28-20(30)15-19-24(32-4)11-16(2)12-25(19)35-28/h7-14,20-21,28-30H,6,15H2,1-5H3/t20-,21+,28+,29+/m0/s1/i3D3,4D3. The van der Waals surface area contributed by atoms with Gasteiger partial charge in [-0.1, -0.05) is 19.1 Å². The van der Waals surface area contributed by atoms with Crippen LogP contribution in [0.1, 0.15) is 56.0 Å². The Kier molecular flexibility index (Phi) is 4.85. The molecule has 1 N–H and O–H groups in total. The number of aliphatic hydroxyl groups is 1. The third kappa shape index (κ3) is 4.28. The molecule has 2 aliphatic heterocycles. The number of hydrogen-bond donors (Lipinski definition) is 1. The van der Waals surface area contributed by atoms with E-state index in [-0.39, 0.29) is 29.8 Å². The summed E-state index contributed by atoms with van der Waals surface area (Å²) < 4.78 is 79.2. The highest BCUT2D eigenvalue weighted by atomic mass is 16.6. The number of rotatable bonds is 6. The van der Waals surface area contributed by atoms with E-state index in [2.05, 4.69) is 0 Å². The first kappa shape index (κ1) is 17.8. The molecule has 190 valence electrons. The van der Waals surface area contributed by atoms with Crippen LogP contribution in [0.4, 0.5) is 0 Å². The molecule has 3 aromatic carbocycles. The smallest absolute Gasteiger partial charge is 0.162 e. The Morgan fingerprint density at radius 2 is 1.58 bits per heavy atom. The summed E-state index contributed by atoms with van der Waals surface area (Å²) in [5.74, 6) is 1.90. The second-order valence-corrected chi connectivity index (χ2v) is 8.97. The Morgan fingerprint density at radius 3 is 2.36 bits per heavy atom. The number of methoxy groups -OCH3 is 3. The van der Waals surface area contributed by atoms with Crippen LogP contribution in [-0.2, 0) is 6.42 Å². The maximum absolute atomic E-state index is 11.1. The molecule has 4 atom stereocenters. The van der Waals surface area contributed by atoms with Crippen LogP contribution in [0.5, 0.6) is 34.5 Å². The molecule has 3 aromatic rings. The van der Waals surface area contributed by atoms with Gasteiger partial charge in [0.2, 0.25) is 0 Å². The van der Waals surface area contributed by atoms with E-state index in [1.807, 2.05) is 6.92 Å². The summed E-state index contributed by atoms with van der Waals surface area (Å²) in [6, 6.07) is 13.6. The molecule has 0 aromatic heterocycles. The van der Waals surface area contributed by atoms with E-state index < -0.39 is 32.4 Å². The van der Waals surface area contributed by atoms with Crippen molar-refractivity contribution >= 4 is 0 Å². The molecular formula is C29H32O7. The minimum Gasteiger partial charge on any atom is -0.496 e. The van der Waals surface area contributed by atoms with Crippen LogP contribution in [0.2, 0.25) is 0 Å². The highest BCUT2D eigenvalue weighted by molar-refractivity contribution is 5.52. The van der Waals surface area contributed by atoms with Gasteiger partial charge in [-0.15, -0.1) is 0 Å². The number of aliphatic hydroxyl groups excluding tert-OH is 1. The van der Waals surface area contributed by atoms with Crippen molar-refractivity contribution in [1.82, 2.24) is 0 Å². The van der Waals surface area contributed by atoms with Gasteiger partial charge in [0.05, 0.1) is 35.5 Å². The molecule has 0 spiro atoms. The largest absolute Gasteiger partial charge is 0.496 e. The quantitative estimate of drug-likeness (QED) is 0.491. The second-order valence-electron chi connectivity index (χ2n) is 8.97. The van der Waals surface area contributed by atoms with Gasteiger partial charge in [0, 0.05) is 17.5 Å². The van der Waals surface area contributed by atoms with E-state index >= 15 is 0 Å². The summed E-state index contributed by atoms with van der Waals surface area (Å²) in [5, 5.41) is 11.1. The molecule has 7 heteroatoms. The topological polar surface area (TPSA) is 75.6 Å². The average Bonchev–Trinajstić information content (AvgIpc) is 2.90. The molecule has 2 heterocycles. The van der Waals surface area contributed by atoms with Crippen molar-refractivity contribution in [1.29, 1.82) is 0 Å². The summed E-state index contributed by atoms with van der Waals surface area (Å²) in [7, 11) is -3.84. The van der Waals surface area contributed by atoms with Gasteiger partial charge in [0.15, 0.2) is 29.1 Å². The van der Waals surface area contributed by atoms with E-state index in [9.17, 15) is 5.11 Å². The minimum absolute atomic E-state index is 0.0834. The summed E-state index contributed by atoms with van der Waals surface area (Å²) in [6.07, 6.45) is -1.88. The molecule has 0 fully saturated rings. The lowest BCUT2D eigenvalue weighted by Crippen LogP contribution is -2.33. The van der Waals surface area contributed by atoms with Gasteiger partial charge in [-0.05, 0) is 60.9 Å². The van der Waals surface area contributed by atoms with E-state index in [1.165, 1.54) is 13.2 Å². The molecule has 0 amide bonds. The van der Waals surface area contributed by atoms with Gasteiger partial charge in [-0.2, -0.15) is 0 Å². The molecule has 5 rings (SSSR count). The van der Waals surface area contributed by atoms with Crippen LogP contribution in [0.3, 0.4) is 0 Å². The van der Waals surface area contributed by atoms with Crippen molar-refractivity contribution in [3.05, 3.63) is 70.8 Å². The molecule has 0 radical (unpaired) electrons. The fourth-order valence-electron chi connectivity index (χ4n) is 4.82. The minimum atomic E-state index is -2.64. The predicted molar refractivity (Wildman–Crippen MR) is 135 cm³/mol. The van der Waals surface area contributed by atoms with Crippen molar-refractivity contribution in [2.75, 3.05) is 21.2 Å². The molecule has 0 unspecified atom stereocenters. The first-order valence-electron chi connectivity index (χ1n) is 14.8. The number of ether oxygens (including phenoxy) is 6. The van der Waals surface area contributed by atoms with Gasteiger partial charge in [0.25, 0.3) is 0 Å². The van der Waals surface area contributed by atoms with E-state index in [0.717, 1.165) is 5.56 Å². The lowest BCUT2D eigenvalue weighted by atomic mass is 9.93. The maximum Gasteiger partial charge on any atom is 0.162 e. The lowest BCUT2D eigenvalue weighted by Gasteiger charge is -2.36. The molecule has 2 aliphatic rings. The van der Waals surface area contributed by atoms with Crippen molar-refractivity contribution in [3.63, 3.8) is 0 Å². The fourth-order valence-corrected chi connectivity index (χ4v) is 4.82. The van der Waals surface area contributed by atoms with Gasteiger partial charge in [0.1, 0.15) is 23.7 Å². The van der Waals surface area contributed by atoms with Crippen LogP contribution in [-0.4, -0.2) is 38.5 Å². The van der Waals surface area contributed by atoms with Crippen molar-refractivity contribution in [3.8, 4) is 34.5 Å². The van der Waals surface area contributed by atoms with Crippen LogP contribution in [0, 0.1) is 6.92 Å². The van der Waals surface area contributed by atoms with Gasteiger partial charge < -0.3 is 33.5 Å². The molecule has 0 saturated carbocycles.